The number of benzene rings is 1. The van der Waals surface area contributed by atoms with Crippen LogP contribution in [0.5, 0.6) is 5.88 Å². The Morgan fingerprint density at radius 3 is 2.59 bits per heavy atom. The molecule has 1 heterocycles. The average molecular weight is 515 g/mol. The molecule has 0 aliphatic heterocycles. The maximum absolute atomic E-state index is 12.5. The fraction of sp³-hybridized carbons (Fsp3) is 0.294. The Kier molecular flexibility index (Phi) is 9.64. The number of hydrogen-bond donors (Lipinski definition) is 2. The summed E-state index contributed by atoms with van der Waals surface area (Å²) >= 11 is 5.75. The molecular formula is C17H19ClF3IN4O. The number of aliphatic imine (C=N–C) groups is 1. The number of aromatic nitrogens is 1. The zero-order valence-electron chi connectivity index (χ0n) is 14.2. The largest absolute Gasteiger partial charge is 0.475 e. The number of pyridine rings is 1. The number of alkyl halides is 3. The van der Waals surface area contributed by atoms with Crippen molar-refractivity contribution in [2.24, 2.45) is 10.7 Å². The highest BCUT2D eigenvalue weighted by Crippen LogP contribution is 2.32. The molecule has 0 aliphatic carbocycles. The third-order valence-electron chi connectivity index (χ3n) is 3.31. The molecule has 2 rings (SSSR count). The van der Waals surface area contributed by atoms with Crippen LogP contribution in [0.15, 0.2) is 47.6 Å². The topological polar surface area (TPSA) is 72.5 Å². The van der Waals surface area contributed by atoms with Gasteiger partial charge in [0.25, 0.3) is 0 Å². The zero-order chi connectivity index (χ0) is 19.0. The summed E-state index contributed by atoms with van der Waals surface area (Å²) in [5, 5.41) is 2.64. The lowest BCUT2D eigenvalue weighted by Gasteiger charge is -2.11. The van der Waals surface area contributed by atoms with Crippen molar-refractivity contribution in [1.29, 1.82) is 0 Å². The number of rotatable bonds is 7. The molecule has 0 amide bonds. The molecule has 1 aromatic heterocycles. The van der Waals surface area contributed by atoms with Crippen LogP contribution in [0.3, 0.4) is 0 Å². The van der Waals surface area contributed by atoms with Gasteiger partial charge in [-0.2, -0.15) is 13.2 Å². The summed E-state index contributed by atoms with van der Waals surface area (Å²) in [6, 6.07) is 10.6. The van der Waals surface area contributed by atoms with Crippen LogP contribution >= 0.6 is 35.6 Å². The molecule has 10 heteroatoms. The zero-order valence-corrected chi connectivity index (χ0v) is 17.3. The molecule has 0 spiro atoms. The van der Waals surface area contributed by atoms with E-state index in [4.69, 9.17) is 22.1 Å². The van der Waals surface area contributed by atoms with Gasteiger partial charge in [-0.25, -0.2) is 4.98 Å². The van der Waals surface area contributed by atoms with E-state index in [0.29, 0.717) is 19.3 Å². The Morgan fingerprint density at radius 1 is 1.26 bits per heavy atom. The highest BCUT2D eigenvalue weighted by Gasteiger charge is 2.31. The van der Waals surface area contributed by atoms with Gasteiger partial charge in [-0.15, -0.1) is 24.0 Å². The molecular weight excluding hydrogens is 496 g/mol. The minimum Gasteiger partial charge on any atom is -0.475 e. The molecule has 3 N–H and O–H groups in total. The van der Waals surface area contributed by atoms with Crippen LogP contribution in [-0.4, -0.2) is 30.6 Å². The smallest absolute Gasteiger partial charge is 0.417 e. The standard InChI is InChI=1S/C17H18ClF3N4O.HI/c18-14-10-13(17(19,20)21)11-25-15(14)26-9-8-24-16(22)23-7-6-12-4-2-1-3-5-12;/h1-5,10-11H,6-9H2,(H3,22,23,24);1H. The number of hydrogen-bond acceptors (Lipinski definition) is 3. The predicted molar refractivity (Wildman–Crippen MR) is 110 cm³/mol. The third-order valence-corrected chi connectivity index (χ3v) is 3.58. The number of ether oxygens (including phenoxy) is 1. The van der Waals surface area contributed by atoms with Crippen LogP contribution in [0.2, 0.25) is 5.02 Å². The van der Waals surface area contributed by atoms with Gasteiger partial charge in [0.2, 0.25) is 5.88 Å². The molecule has 0 saturated carbocycles. The first kappa shape index (κ1) is 23.3. The summed E-state index contributed by atoms with van der Waals surface area (Å²) in [6.07, 6.45) is -3.06. The van der Waals surface area contributed by atoms with E-state index in [1.165, 1.54) is 0 Å². The van der Waals surface area contributed by atoms with Gasteiger partial charge in [0.1, 0.15) is 11.6 Å². The Balaban J connectivity index is 0.00000364. The minimum atomic E-state index is -4.50. The number of nitrogens with one attached hydrogen (secondary N) is 1. The summed E-state index contributed by atoms with van der Waals surface area (Å²) in [5.74, 6) is 0.192. The number of halogens is 5. The second kappa shape index (κ2) is 11.2. The molecule has 0 aliphatic rings. The van der Waals surface area contributed by atoms with Crippen LogP contribution in [0.4, 0.5) is 13.2 Å². The van der Waals surface area contributed by atoms with E-state index in [9.17, 15) is 13.2 Å². The normalized spacial score (nSPS) is 11.6. The van der Waals surface area contributed by atoms with Gasteiger partial charge in [0, 0.05) is 12.7 Å². The molecule has 0 saturated heterocycles. The summed E-state index contributed by atoms with van der Waals surface area (Å²) in [7, 11) is 0. The molecule has 0 atom stereocenters. The predicted octanol–water partition coefficient (Wildman–Crippen LogP) is 3.90. The molecule has 0 fully saturated rings. The first-order valence-corrected chi connectivity index (χ1v) is 8.17. The Bertz CT molecular complexity index is 745. The van der Waals surface area contributed by atoms with Gasteiger partial charge >= 0.3 is 6.18 Å². The van der Waals surface area contributed by atoms with Crippen molar-refractivity contribution in [3.8, 4) is 5.88 Å². The first-order valence-electron chi connectivity index (χ1n) is 7.79. The highest BCUT2D eigenvalue weighted by molar-refractivity contribution is 14.0. The van der Waals surface area contributed by atoms with Gasteiger partial charge < -0.3 is 15.8 Å². The van der Waals surface area contributed by atoms with Crippen molar-refractivity contribution in [2.75, 3.05) is 19.7 Å². The van der Waals surface area contributed by atoms with E-state index in [0.717, 1.165) is 18.1 Å². The van der Waals surface area contributed by atoms with Gasteiger partial charge in [-0.3, -0.25) is 4.99 Å². The van der Waals surface area contributed by atoms with Crippen LogP contribution in [-0.2, 0) is 12.6 Å². The van der Waals surface area contributed by atoms with Crippen LogP contribution in [0.1, 0.15) is 11.1 Å². The molecule has 0 radical (unpaired) electrons. The molecule has 148 valence electrons. The first-order chi connectivity index (χ1) is 12.4. The SMILES string of the molecule is I.NC(=NCCc1ccccc1)NCCOc1ncc(C(F)(F)F)cc1Cl. The average Bonchev–Trinajstić information content (AvgIpc) is 2.60. The van der Waals surface area contributed by atoms with Crippen LogP contribution in [0, 0.1) is 0 Å². The maximum Gasteiger partial charge on any atom is 0.417 e. The molecule has 1 aromatic carbocycles. The quantitative estimate of drug-likeness (QED) is 0.254. The van der Waals surface area contributed by atoms with Crippen molar-refractivity contribution < 1.29 is 17.9 Å². The van der Waals surface area contributed by atoms with Crippen molar-refractivity contribution in [3.05, 3.63) is 58.7 Å². The summed E-state index contributed by atoms with van der Waals surface area (Å²) in [6.45, 7) is 0.961. The Morgan fingerprint density at radius 2 is 1.96 bits per heavy atom. The second-order valence-corrected chi connectivity index (χ2v) is 5.69. The van der Waals surface area contributed by atoms with Crippen molar-refractivity contribution in [3.63, 3.8) is 0 Å². The van der Waals surface area contributed by atoms with Crippen molar-refractivity contribution in [2.45, 2.75) is 12.6 Å². The lowest BCUT2D eigenvalue weighted by molar-refractivity contribution is -0.137. The van der Waals surface area contributed by atoms with E-state index >= 15 is 0 Å². The summed E-state index contributed by atoms with van der Waals surface area (Å²) in [5.41, 5.74) is 5.97. The maximum atomic E-state index is 12.5. The van der Waals surface area contributed by atoms with E-state index in [1.807, 2.05) is 30.3 Å². The summed E-state index contributed by atoms with van der Waals surface area (Å²) in [4.78, 5) is 7.76. The lowest BCUT2D eigenvalue weighted by atomic mass is 10.2. The van der Waals surface area contributed by atoms with Gasteiger partial charge in [-0.1, -0.05) is 41.9 Å². The fourth-order valence-electron chi connectivity index (χ4n) is 2.02. The van der Waals surface area contributed by atoms with Crippen LogP contribution < -0.4 is 15.8 Å². The third kappa shape index (κ3) is 8.21. The number of nitrogens with two attached hydrogens (primary N) is 1. The minimum absolute atomic E-state index is 0. The highest BCUT2D eigenvalue weighted by atomic mass is 127. The Hall–Kier alpha value is -1.75. The molecule has 2 aromatic rings. The van der Waals surface area contributed by atoms with E-state index in [-0.39, 0.29) is 47.4 Å². The molecule has 27 heavy (non-hydrogen) atoms. The summed E-state index contributed by atoms with van der Waals surface area (Å²) < 4.78 is 42.8. The molecule has 0 unspecified atom stereocenters. The van der Waals surface area contributed by atoms with E-state index < -0.39 is 11.7 Å². The van der Waals surface area contributed by atoms with Crippen LogP contribution in [0.25, 0.3) is 0 Å². The van der Waals surface area contributed by atoms with E-state index in [1.54, 1.807) is 0 Å². The van der Waals surface area contributed by atoms with Crippen molar-refractivity contribution in [1.82, 2.24) is 10.3 Å². The second-order valence-electron chi connectivity index (χ2n) is 5.29. The van der Waals surface area contributed by atoms with E-state index in [2.05, 4.69) is 15.3 Å². The lowest BCUT2D eigenvalue weighted by Crippen LogP contribution is -2.35. The van der Waals surface area contributed by atoms with Crippen molar-refractivity contribution >= 4 is 41.5 Å². The van der Waals surface area contributed by atoms with Gasteiger partial charge in [0.05, 0.1) is 12.1 Å². The number of nitrogens with zero attached hydrogens (tertiary/aromatic N) is 2. The van der Waals surface area contributed by atoms with Gasteiger partial charge in [-0.05, 0) is 18.1 Å². The Labute approximate surface area is 177 Å². The molecule has 0 bridgehead atoms. The molecule has 5 nitrogen and oxygen atoms in total. The fourth-order valence-corrected chi connectivity index (χ4v) is 2.24. The number of guanidine groups is 1. The monoisotopic (exact) mass is 514 g/mol. The van der Waals surface area contributed by atoms with Gasteiger partial charge in [0.15, 0.2) is 5.96 Å².